The molecule has 0 aliphatic carbocycles. The Kier molecular flexibility index (Phi) is 4.35. The van der Waals surface area contributed by atoms with Crippen molar-refractivity contribution in [1.82, 2.24) is 0 Å². The first-order valence-electron chi connectivity index (χ1n) is 4.02. The van der Waals surface area contributed by atoms with Gasteiger partial charge in [0.25, 0.3) is 0 Å². The van der Waals surface area contributed by atoms with Gasteiger partial charge in [-0.2, -0.15) is 0 Å². The number of rotatable bonds is 4. The van der Waals surface area contributed by atoms with Crippen molar-refractivity contribution in [2.75, 3.05) is 20.0 Å². The SMILES string of the molecule is COC(CS(=O)(=O)C(C)(C)C)OC. The molecule has 0 amide bonds. The Labute approximate surface area is 80.1 Å². The Morgan fingerprint density at radius 3 is 1.77 bits per heavy atom. The molecule has 0 atom stereocenters. The third-order valence-electron chi connectivity index (χ3n) is 1.81. The highest BCUT2D eigenvalue weighted by atomic mass is 32.2. The van der Waals surface area contributed by atoms with Gasteiger partial charge in [-0.1, -0.05) is 0 Å². The highest BCUT2D eigenvalue weighted by molar-refractivity contribution is 7.92. The molecule has 80 valence electrons. The molecule has 0 fully saturated rings. The van der Waals surface area contributed by atoms with E-state index in [2.05, 4.69) is 0 Å². The molecule has 0 aliphatic rings. The van der Waals surface area contributed by atoms with Gasteiger partial charge < -0.3 is 9.47 Å². The largest absolute Gasteiger partial charge is 0.355 e. The van der Waals surface area contributed by atoms with Crippen LogP contribution in [0.1, 0.15) is 20.8 Å². The van der Waals surface area contributed by atoms with Crippen molar-refractivity contribution >= 4 is 9.84 Å². The molecule has 0 saturated heterocycles. The summed E-state index contributed by atoms with van der Waals surface area (Å²) in [6, 6.07) is 0. The third-order valence-corrected chi connectivity index (χ3v) is 4.39. The van der Waals surface area contributed by atoms with Crippen LogP contribution in [0.25, 0.3) is 0 Å². The summed E-state index contributed by atoms with van der Waals surface area (Å²) in [6.07, 6.45) is -0.677. The second kappa shape index (κ2) is 4.39. The monoisotopic (exact) mass is 210 g/mol. The molecule has 0 N–H and O–H groups in total. The Morgan fingerprint density at radius 2 is 1.54 bits per heavy atom. The van der Waals surface area contributed by atoms with E-state index < -0.39 is 20.9 Å². The van der Waals surface area contributed by atoms with Gasteiger partial charge in [-0.3, -0.25) is 0 Å². The first kappa shape index (κ1) is 12.9. The first-order chi connectivity index (χ1) is 5.74. The second-order valence-electron chi connectivity index (χ2n) is 3.79. The van der Waals surface area contributed by atoms with Crippen molar-refractivity contribution in [3.05, 3.63) is 0 Å². The fourth-order valence-electron chi connectivity index (χ4n) is 0.661. The summed E-state index contributed by atoms with van der Waals surface area (Å²) in [5.74, 6) is -0.108. The van der Waals surface area contributed by atoms with Gasteiger partial charge in [-0.25, -0.2) is 8.42 Å². The zero-order chi connectivity index (χ0) is 10.7. The summed E-state index contributed by atoms with van der Waals surface area (Å²) < 4.78 is 32.1. The van der Waals surface area contributed by atoms with Crippen molar-refractivity contribution in [3.63, 3.8) is 0 Å². The molecular weight excluding hydrogens is 192 g/mol. The van der Waals surface area contributed by atoms with E-state index >= 15 is 0 Å². The van der Waals surface area contributed by atoms with Crippen molar-refractivity contribution < 1.29 is 17.9 Å². The minimum absolute atomic E-state index is 0.108. The number of hydrogen-bond donors (Lipinski definition) is 0. The quantitative estimate of drug-likeness (QED) is 0.645. The lowest BCUT2D eigenvalue weighted by Gasteiger charge is -2.22. The number of methoxy groups -OCH3 is 2. The maximum Gasteiger partial charge on any atom is 0.170 e. The second-order valence-corrected chi connectivity index (χ2v) is 6.58. The molecule has 0 bridgehead atoms. The van der Waals surface area contributed by atoms with Crippen LogP contribution in [-0.4, -0.2) is 39.4 Å². The molecule has 0 aliphatic heterocycles. The molecule has 4 nitrogen and oxygen atoms in total. The van der Waals surface area contributed by atoms with E-state index in [1.807, 2.05) is 0 Å². The van der Waals surface area contributed by atoms with Gasteiger partial charge in [0, 0.05) is 14.2 Å². The highest BCUT2D eigenvalue weighted by Crippen LogP contribution is 2.17. The van der Waals surface area contributed by atoms with Crippen LogP contribution in [0.3, 0.4) is 0 Å². The predicted molar refractivity (Wildman–Crippen MR) is 51.3 cm³/mol. The van der Waals surface area contributed by atoms with Crippen LogP contribution in [0.2, 0.25) is 0 Å². The molecular formula is C8H18O4S. The zero-order valence-corrected chi connectivity index (χ0v) is 9.64. The summed E-state index contributed by atoms with van der Waals surface area (Å²) in [7, 11) is -0.325. The number of hydrogen-bond acceptors (Lipinski definition) is 4. The first-order valence-corrected chi connectivity index (χ1v) is 5.67. The lowest BCUT2D eigenvalue weighted by Crippen LogP contribution is -2.36. The summed E-state index contributed by atoms with van der Waals surface area (Å²) in [5, 5.41) is 0. The van der Waals surface area contributed by atoms with E-state index in [1.165, 1.54) is 14.2 Å². The van der Waals surface area contributed by atoms with Crippen molar-refractivity contribution in [1.29, 1.82) is 0 Å². The maximum absolute atomic E-state index is 11.6. The number of ether oxygens (including phenoxy) is 2. The Balaban J connectivity index is 4.52. The van der Waals surface area contributed by atoms with Crippen LogP contribution in [0.4, 0.5) is 0 Å². The predicted octanol–water partition coefficient (Wildman–Crippen LogP) is 0.819. The molecule has 0 aromatic carbocycles. The fraction of sp³-hybridized carbons (Fsp3) is 1.00. The van der Waals surface area contributed by atoms with Crippen LogP contribution >= 0.6 is 0 Å². The van der Waals surface area contributed by atoms with E-state index in [4.69, 9.17) is 9.47 Å². The average molecular weight is 210 g/mol. The van der Waals surface area contributed by atoms with Crippen LogP contribution < -0.4 is 0 Å². The van der Waals surface area contributed by atoms with E-state index in [9.17, 15) is 8.42 Å². The minimum Gasteiger partial charge on any atom is -0.355 e. The molecule has 0 aromatic rings. The molecule has 0 radical (unpaired) electrons. The van der Waals surface area contributed by atoms with Crippen molar-refractivity contribution in [2.45, 2.75) is 31.8 Å². The highest BCUT2D eigenvalue weighted by Gasteiger charge is 2.31. The average Bonchev–Trinajstić information content (AvgIpc) is 1.98. The topological polar surface area (TPSA) is 52.6 Å². The summed E-state index contributed by atoms with van der Waals surface area (Å²) >= 11 is 0. The Morgan fingerprint density at radius 1 is 1.15 bits per heavy atom. The molecule has 13 heavy (non-hydrogen) atoms. The standard InChI is InChI=1S/C8H18O4S/c1-8(2,3)13(9,10)6-7(11-4)12-5/h7H,6H2,1-5H3. The molecule has 0 unspecified atom stereocenters. The summed E-state index contributed by atoms with van der Waals surface area (Å²) in [5.41, 5.74) is 0. The molecule has 0 aromatic heterocycles. The minimum atomic E-state index is -3.17. The number of sulfone groups is 1. The molecule has 5 heteroatoms. The van der Waals surface area contributed by atoms with Crippen LogP contribution in [0.15, 0.2) is 0 Å². The van der Waals surface area contributed by atoms with Gasteiger partial charge in [-0.05, 0) is 20.8 Å². The fourth-order valence-corrected chi connectivity index (χ4v) is 1.79. The molecule has 0 saturated carbocycles. The molecule has 0 spiro atoms. The zero-order valence-electron chi connectivity index (χ0n) is 8.83. The van der Waals surface area contributed by atoms with Crippen molar-refractivity contribution in [3.8, 4) is 0 Å². The third kappa shape index (κ3) is 3.62. The summed E-state index contributed by atoms with van der Waals surface area (Å²) in [6.45, 7) is 4.97. The van der Waals surface area contributed by atoms with E-state index in [-0.39, 0.29) is 5.75 Å². The smallest absolute Gasteiger partial charge is 0.170 e. The normalized spacial score (nSPS) is 13.7. The lowest BCUT2D eigenvalue weighted by molar-refractivity contribution is -0.0853. The van der Waals surface area contributed by atoms with Gasteiger partial charge in [-0.15, -0.1) is 0 Å². The van der Waals surface area contributed by atoms with E-state index in [1.54, 1.807) is 20.8 Å². The van der Waals surface area contributed by atoms with E-state index in [0.29, 0.717) is 0 Å². The summed E-state index contributed by atoms with van der Waals surface area (Å²) in [4.78, 5) is 0. The van der Waals surface area contributed by atoms with Crippen LogP contribution in [0.5, 0.6) is 0 Å². The molecule has 0 rings (SSSR count). The van der Waals surface area contributed by atoms with Gasteiger partial charge in [0.05, 0.1) is 4.75 Å². The van der Waals surface area contributed by atoms with Gasteiger partial charge in [0.15, 0.2) is 16.1 Å². The van der Waals surface area contributed by atoms with Crippen LogP contribution in [-0.2, 0) is 19.3 Å². The van der Waals surface area contributed by atoms with Crippen molar-refractivity contribution in [2.24, 2.45) is 0 Å². The maximum atomic E-state index is 11.6. The van der Waals surface area contributed by atoms with E-state index in [0.717, 1.165) is 0 Å². The van der Waals surface area contributed by atoms with Gasteiger partial charge in [0.1, 0.15) is 5.75 Å². The Bertz CT molecular complexity index is 233. The Hall–Kier alpha value is -0.130. The molecule has 0 heterocycles. The van der Waals surface area contributed by atoms with Gasteiger partial charge >= 0.3 is 0 Å². The van der Waals surface area contributed by atoms with Gasteiger partial charge in [0.2, 0.25) is 0 Å². The lowest BCUT2D eigenvalue weighted by atomic mass is 10.3. The van der Waals surface area contributed by atoms with Crippen LogP contribution in [0, 0.1) is 0 Å².